The number of rotatable bonds is 19. The van der Waals surface area contributed by atoms with Gasteiger partial charge in [-0.1, -0.05) is 86.0 Å². The van der Waals surface area contributed by atoms with Gasteiger partial charge in [-0.15, -0.1) is 0 Å². The Labute approximate surface area is 377 Å². The molecule has 0 amide bonds. The molecule has 0 aromatic heterocycles. The summed E-state index contributed by atoms with van der Waals surface area (Å²) < 4.78 is 21.7. The van der Waals surface area contributed by atoms with Crippen molar-refractivity contribution >= 4 is 22.6 Å². The molecule has 0 saturated carbocycles. The lowest BCUT2D eigenvalue weighted by molar-refractivity contribution is 0.414. The van der Waals surface area contributed by atoms with Gasteiger partial charge in [0.25, 0.3) is 0 Å². The number of allylic oxidation sites excluding steroid dienone is 4. The van der Waals surface area contributed by atoms with Gasteiger partial charge in [-0.25, -0.2) is 0 Å². The first-order valence-electron chi connectivity index (χ1n) is 21.5. The molecular formula is C56H54N4O4. The Balaban J connectivity index is 0.865. The molecule has 8 heteroatoms. The lowest BCUT2D eigenvalue weighted by Crippen LogP contribution is -2.13. The Bertz CT molecular complexity index is 2540. The zero-order valence-corrected chi connectivity index (χ0v) is 37.0. The quantitative estimate of drug-likeness (QED) is 0.0845. The second-order valence-electron chi connectivity index (χ2n) is 15.9. The van der Waals surface area contributed by atoms with Gasteiger partial charge in [-0.2, -0.15) is 0 Å². The Hall–Kier alpha value is -7.58. The highest BCUT2D eigenvalue weighted by molar-refractivity contribution is 6.34. The topological polar surface area (TPSA) is 85.7 Å². The van der Waals surface area contributed by atoms with Crippen LogP contribution in [0.15, 0.2) is 191 Å². The van der Waals surface area contributed by atoms with Gasteiger partial charge >= 0.3 is 0 Å². The summed E-state index contributed by atoms with van der Waals surface area (Å²) >= 11 is 0. The SMILES string of the molecule is C=C(CC1=C(c2ccc(OC)cc2)C(c2ccc(OC)cc2)=NC1)NCc1ccc(-c2ccc(CNC(=C)CC3=C(c4ccc(OC)cc4)C(c4ccc(OC)cc4)=NC3)cc2)cc1. The second kappa shape index (κ2) is 20.1. The summed E-state index contributed by atoms with van der Waals surface area (Å²) in [5.74, 6) is 3.28. The van der Waals surface area contributed by atoms with E-state index in [9.17, 15) is 0 Å². The van der Waals surface area contributed by atoms with Crippen LogP contribution >= 0.6 is 0 Å². The van der Waals surface area contributed by atoms with E-state index in [4.69, 9.17) is 28.9 Å². The minimum absolute atomic E-state index is 0.619. The van der Waals surface area contributed by atoms with Crippen LogP contribution in [0.1, 0.15) is 46.2 Å². The monoisotopic (exact) mass is 846 g/mol. The van der Waals surface area contributed by atoms with E-state index >= 15 is 0 Å². The molecule has 2 aliphatic heterocycles. The van der Waals surface area contributed by atoms with Gasteiger partial charge < -0.3 is 29.6 Å². The van der Waals surface area contributed by atoms with Crippen molar-refractivity contribution in [1.82, 2.24) is 10.6 Å². The predicted molar refractivity (Wildman–Crippen MR) is 262 cm³/mol. The molecule has 0 bridgehead atoms. The van der Waals surface area contributed by atoms with Crippen LogP contribution in [0.25, 0.3) is 22.3 Å². The van der Waals surface area contributed by atoms with E-state index in [1.807, 2.05) is 48.5 Å². The van der Waals surface area contributed by atoms with Crippen molar-refractivity contribution in [3.63, 3.8) is 0 Å². The Morgan fingerprint density at radius 3 is 0.984 bits per heavy atom. The first-order chi connectivity index (χ1) is 31.3. The summed E-state index contributed by atoms with van der Waals surface area (Å²) in [6.45, 7) is 11.4. The molecule has 6 aromatic rings. The Morgan fingerprint density at radius 2 is 0.688 bits per heavy atom. The third-order valence-corrected chi connectivity index (χ3v) is 11.7. The van der Waals surface area contributed by atoms with E-state index in [1.54, 1.807) is 28.4 Å². The van der Waals surface area contributed by atoms with Gasteiger partial charge in [0.15, 0.2) is 0 Å². The zero-order chi connectivity index (χ0) is 44.4. The Kier molecular flexibility index (Phi) is 13.5. The molecule has 0 aliphatic carbocycles. The first kappa shape index (κ1) is 43.1. The van der Waals surface area contributed by atoms with Crippen LogP contribution in [0.3, 0.4) is 0 Å². The van der Waals surface area contributed by atoms with Gasteiger partial charge in [-0.3, -0.25) is 9.98 Å². The fraction of sp³-hybridized carbons (Fsp3) is 0.179. The van der Waals surface area contributed by atoms with Crippen LogP contribution < -0.4 is 29.6 Å². The first-order valence-corrected chi connectivity index (χ1v) is 21.5. The van der Waals surface area contributed by atoms with Crippen LogP contribution in [0.4, 0.5) is 0 Å². The summed E-state index contributed by atoms with van der Waals surface area (Å²) in [5.41, 5.74) is 17.6. The van der Waals surface area contributed by atoms with E-state index in [2.05, 4.69) is 121 Å². The Morgan fingerprint density at radius 1 is 0.406 bits per heavy atom. The van der Waals surface area contributed by atoms with Crippen molar-refractivity contribution in [2.45, 2.75) is 25.9 Å². The van der Waals surface area contributed by atoms with E-state index < -0.39 is 0 Å². The number of hydrogen-bond donors (Lipinski definition) is 2. The average molecular weight is 847 g/mol. The van der Waals surface area contributed by atoms with E-state index in [-0.39, 0.29) is 0 Å². The normalized spacial score (nSPS) is 13.3. The number of benzene rings is 6. The molecule has 0 fully saturated rings. The molecule has 6 aromatic carbocycles. The number of aliphatic imine (C=N–C) groups is 2. The molecule has 0 unspecified atom stereocenters. The number of nitrogens with one attached hydrogen (secondary N) is 2. The number of methoxy groups -OCH3 is 4. The van der Waals surface area contributed by atoms with E-state index in [0.717, 1.165) is 79.2 Å². The summed E-state index contributed by atoms with van der Waals surface area (Å²) in [5, 5.41) is 7.16. The summed E-state index contributed by atoms with van der Waals surface area (Å²) in [6.07, 6.45) is 1.39. The standard InChI is InChI=1S/C56H54N4O4/c1-37(31-47-35-59-55(45-19-27-51(63-5)28-20-45)53(47)43-15-23-49(61-3)24-16-43)57-33-39-7-11-41(12-8-39)42-13-9-40(10-14-42)34-58-38(2)32-48-36-60-56(46-21-29-52(64-6)30-22-46)54(48)44-17-25-50(62-4)26-18-44/h7-30,57-58H,1-2,31-36H2,3-6H3. The highest BCUT2D eigenvalue weighted by Crippen LogP contribution is 2.35. The maximum absolute atomic E-state index is 5.44. The average Bonchev–Trinajstić information content (AvgIpc) is 3.97. The molecule has 2 N–H and O–H groups in total. The predicted octanol–water partition coefficient (Wildman–Crippen LogP) is 11.3. The highest BCUT2D eigenvalue weighted by atomic mass is 16.5. The largest absolute Gasteiger partial charge is 0.497 e. The molecule has 8 rings (SSSR count). The van der Waals surface area contributed by atoms with Crippen LogP contribution in [-0.4, -0.2) is 53.0 Å². The third-order valence-electron chi connectivity index (χ3n) is 11.7. The maximum Gasteiger partial charge on any atom is 0.118 e. The molecule has 2 aliphatic rings. The molecule has 0 atom stereocenters. The number of nitrogens with zero attached hydrogens (tertiary/aromatic N) is 2. The fourth-order valence-electron chi connectivity index (χ4n) is 8.18. The lowest BCUT2D eigenvalue weighted by Gasteiger charge is -2.15. The van der Waals surface area contributed by atoms with Crippen LogP contribution in [-0.2, 0) is 13.1 Å². The second-order valence-corrected chi connectivity index (χ2v) is 15.9. The van der Waals surface area contributed by atoms with E-state index in [0.29, 0.717) is 39.0 Å². The molecule has 8 nitrogen and oxygen atoms in total. The van der Waals surface area contributed by atoms with Gasteiger partial charge in [0, 0.05) is 59.6 Å². The van der Waals surface area contributed by atoms with Gasteiger partial charge in [-0.05, 0) is 117 Å². The number of hydrogen-bond acceptors (Lipinski definition) is 8. The minimum atomic E-state index is 0.619. The maximum atomic E-state index is 5.44. The molecule has 322 valence electrons. The van der Waals surface area contributed by atoms with Crippen molar-refractivity contribution < 1.29 is 18.9 Å². The molecule has 0 radical (unpaired) electrons. The smallest absolute Gasteiger partial charge is 0.118 e. The van der Waals surface area contributed by atoms with Crippen molar-refractivity contribution in [2.75, 3.05) is 41.5 Å². The molecule has 64 heavy (non-hydrogen) atoms. The molecule has 2 heterocycles. The van der Waals surface area contributed by atoms with Crippen molar-refractivity contribution in [2.24, 2.45) is 9.98 Å². The van der Waals surface area contributed by atoms with E-state index in [1.165, 1.54) is 33.4 Å². The number of ether oxygens (including phenoxy) is 4. The third kappa shape index (κ3) is 10.0. The van der Waals surface area contributed by atoms with Crippen molar-refractivity contribution in [3.8, 4) is 34.1 Å². The van der Waals surface area contributed by atoms with Crippen LogP contribution in [0.5, 0.6) is 23.0 Å². The summed E-state index contributed by atoms with van der Waals surface area (Å²) in [6, 6.07) is 50.0. The lowest BCUT2D eigenvalue weighted by atomic mass is 9.92. The van der Waals surface area contributed by atoms with Crippen molar-refractivity contribution in [1.29, 1.82) is 0 Å². The zero-order valence-electron chi connectivity index (χ0n) is 37.0. The molecular weight excluding hydrogens is 793 g/mol. The summed E-state index contributed by atoms with van der Waals surface area (Å²) in [4.78, 5) is 10.0. The molecule has 0 spiro atoms. The van der Waals surface area contributed by atoms with Gasteiger partial charge in [0.05, 0.1) is 53.0 Å². The summed E-state index contributed by atoms with van der Waals surface area (Å²) in [7, 11) is 6.73. The van der Waals surface area contributed by atoms with Crippen molar-refractivity contribution in [3.05, 3.63) is 215 Å². The minimum Gasteiger partial charge on any atom is -0.497 e. The van der Waals surface area contributed by atoms with Gasteiger partial charge in [0.1, 0.15) is 23.0 Å². The van der Waals surface area contributed by atoms with Crippen LogP contribution in [0, 0.1) is 0 Å². The van der Waals surface area contributed by atoms with Crippen LogP contribution in [0.2, 0.25) is 0 Å². The molecule has 0 saturated heterocycles. The fourth-order valence-corrected chi connectivity index (χ4v) is 8.18. The van der Waals surface area contributed by atoms with Gasteiger partial charge in [0.2, 0.25) is 0 Å². The highest BCUT2D eigenvalue weighted by Gasteiger charge is 2.25.